The fraction of sp³-hybridized carbons (Fsp3) is 0.429. The highest BCUT2D eigenvalue weighted by molar-refractivity contribution is 7.91. The zero-order valence-corrected chi connectivity index (χ0v) is 16.1. The van der Waals surface area contributed by atoms with Gasteiger partial charge in [0.15, 0.2) is 9.84 Å². The molecule has 0 spiro atoms. The minimum atomic E-state index is -3.30. The summed E-state index contributed by atoms with van der Waals surface area (Å²) in [5, 5.41) is 9.30. The van der Waals surface area contributed by atoms with E-state index in [-0.39, 0.29) is 16.4 Å². The van der Waals surface area contributed by atoms with E-state index in [9.17, 15) is 13.5 Å². The van der Waals surface area contributed by atoms with Crippen molar-refractivity contribution in [1.29, 1.82) is 0 Å². The van der Waals surface area contributed by atoms with E-state index < -0.39 is 9.84 Å². The molecule has 2 aromatic rings. The Morgan fingerprint density at radius 2 is 1.62 bits per heavy atom. The molecule has 140 valence electrons. The summed E-state index contributed by atoms with van der Waals surface area (Å²) in [5.41, 5.74) is 2.68. The number of hydrogen-bond donors (Lipinski definition) is 1. The largest absolute Gasteiger partial charge is 0.508 e. The number of aromatic hydroxyl groups is 1. The fourth-order valence-electron chi connectivity index (χ4n) is 3.49. The summed E-state index contributed by atoms with van der Waals surface area (Å²) in [6.45, 7) is 4.60. The number of nitrogens with zero attached hydrogens (tertiary/aromatic N) is 1. The van der Waals surface area contributed by atoms with Crippen molar-refractivity contribution in [2.75, 3.05) is 25.4 Å². The maximum atomic E-state index is 12.4. The van der Waals surface area contributed by atoms with Crippen LogP contribution in [0.4, 0.5) is 0 Å². The molecule has 3 rings (SSSR count). The Morgan fingerprint density at radius 1 is 1.00 bits per heavy atom. The predicted molar refractivity (Wildman–Crippen MR) is 104 cm³/mol. The first-order valence-electron chi connectivity index (χ1n) is 9.22. The van der Waals surface area contributed by atoms with Crippen molar-refractivity contribution in [1.82, 2.24) is 4.90 Å². The van der Waals surface area contributed by atoms with Crippen LogP contribution < -0.4 is 0 Å². The number of phenolic OH excluding ortho intramolecular Hbond substituents is 1. The molecule has 0 radical (unpaired) electrons. The number of sulfone groups is 1. The van der Waals surface area contributed by atoms with Crippen LogP contribution in [-0.4, -0.2) is 43.8 Å². The Balaban J connectivity index is 1.46. The molecule has 1 fully saturated rings. The molecule has 1 heterocycles. The van der Waals surface area contributed by atoms with E-state index in [4.69, 9.17) is 0 Å². The molecule has 1 N–H and O–H groups in total. The highest BCUT2D eigenvalue weighted by Gasteiger charge is 2.22. The minimum Gasteiger partial charge on any atom is -0.508 e. The fourth-order valence-corrected chi connectivity index (χ4v) is 4.78. The smallest absolute Gasteiger partial charge is 0.179 e. The van der Waals surface area contributed by atoms with Crippen molar-refractivity contribution in [3.63, 3.8) is 0 Å². The third kappa shape index (κ3) is 5.08. The van der Waals surface area contributed by atoms with Crippen LogP contribution >= 0.6 is 0 Å². The monoisotopic (exact) mass is 373 g/mol. The van der Waals surface area contributed by atoms with E-state index in [1.54, 1.807) is 0 Å². The SMILES string of the molecule is Cc1ccc(CC2CCN(CCS(=O)(=O)c3ccc(O)cc3)CC2)cc1. The molecule has 0 atom stereocenters. The molecule has 0 saturated carbocycles. The van der Waals surface area contributed by atoms with Gasteiger partial charge in [-0.3, -0.25) is 0 Å². The van der Waals surface area contributed by atoms with Gasteiger partial charge in [0, 0.05) is 6.54 Å². The molecule has 0 aromatic heterocycles. The Kier molecular flexibility index (Phi) is 5.99. The number of phenols is 1. The highest BCUT2D eigenvalue weighted by atomic mass is 32.2. The predicted octanol–water partition coefficient (Wildman–Crippen LogP) is 3.43. The first-order chi connectivity index (χ1) is 12.4. The van der Waals surface area contributed by atoms with Gasteiger partial charge in [0.05, 0.1) is 10.6 Å². The van der Waals surface area contributed by atoms with Crippen LogP contribution in [0.2, 0.25) is 0 Å². The molecule has 1 saturated heterocycles. The van der Waals surface area contributed by atoms with Gasteiger partial charge in [-0.15, -0.1) is 0 Å². The summed E-state index contributed by atoms with van der Waals surface area (Å²) in [5.74, 6) is 0.891. The van der Waals surface area contributed by atoms with Crippen LogP contribution in [0, 0.1) is 12.8 Å². The normalized spacial score (nSPS) is 16.7. The maximum absolute atomic E-state index is 12.4. The number of aryl methyl sites for hydroxylation is 1. The Hall–Kier alpha value is -1.85. The van der Waals surface area contributed by atoms with Gasteiger partial charge < -0.3 is 10.0 Å². The van der Waals surface area contributed by atoms with Gasteiger partial charge in [-0.1, -0.05) is 29.8 Å². The highest BCUT2D eigenvalue weighted by Crippen LogP contribution is 2.22. The summed E-state index contributed by atoms with van der Waals surface area (Å²) in [6, 6.07) is 14.5. The van der Waals surface area contributed by atoms with Crippen LogP contribution in [0.15, 0.2) is 53.4 Å². The summed E-state index contributed by atoms with van der Waals surface area (Å²) in [7, 11) is -3.30. The second-order valence-corrected chi connectivity index (χ2v) is 9.40. The standard InChI is InChI=1S/C21H27NO3S/c1-17-2-4-18(5-3-17)16-19-10-12-22(13-11-19)14-15-26(24,25)21-8-6-20(23)7-9-21/h2-9,19,23H,10-16H2,1H3. The lowest BCUT2D eigenvalue weighted by atomic mass is 9.90. The second kappa shape index (κ2) is 8.23. The molecular weight excluding hydrogens is 346 g/mol. The van der Waals surface area contributed by atoms with Crippen LogP contribution in [-0.2, 0) is 16.3 Å². The van der Waals surface area contributed by atoms with E-state index in [2.05, 4.69) is 36.1 Å². The van der Waals surface area contributed by atoms with Crippen molar-refractivity contribution in [2.24, 2.45) is 5.92 Å². The van der Waals surface area contributed by atoms with E-state index in [0.29, 0.717) is 12.5 Å². The molecule has 26 heavy (non-hydrogen) atoms. The molecule has 5 heteroatoms. The molecule has 0 aliphatic carbocycles. The Bertz CT molecular complexity index is 805. The zero-order valence-electron chi connectivity index (χ0n) is 15.3. The Morgan fingerprint density at radius 3 is 2.23 bits per heavy atom. The summed E-state index contributed by atoms with van der Waals surface area (Å²) < 4.78 is 24.8. The lowest BCUT2D eigenvalue weighted by molar-refractivity contribution is 0.193. The van der Waals surface area contributed by atoms with E-state index in [1.165, 1.54) is 35.4 Å². The van der Waals surface area contributed by atoms with Crippen LogP contribution in [0.25, 0.3) is 0 Å². The molecule has 0 amide bonds. The quantitative estimate of drug-likeness (QED) is 0.843. The number of rotatable bonds is 6. The van der Waals surface area contributed by atoms with Gasteiger partial charge in [-0.2, -0.15) is 0 Å². The van der Waals surface area contributed by atoms with E-state index in [0.717, 1.165) is 32.4 Å². The molecule has 1 aliphatic heterocycles. The summed E-state index contributed by atoms with van der Waals surface area (Å²) >= 11 is 0. The van der Waals surface area contributed by atoms with E-state index in [1.807, 2.05) is 0 Å². The first-order valence-corrected chi connectivity index (χ1v) is 10.9. The van der Waals surface area contributed by atoms with Crippen LogP contribution in [0.5, 0.6) is 5.75 Å². The molecule has 2 aromatic carbocycles. The molecule has 1 aliphatic rings. The summed E-state index contributed by atoms with van der Waals surface area (Å²) in [4.78, 5) is 2.54. The number of likely N-dealkylation sites (tertiary alicyclic amines) is 1. The van der Waals surface area contributed by atoms with E-state index >= 15 is 0 Å². The third-order valence-electron chi connectivity index (χ3n) is 5.22. The van der Waals surface area contributed by atoms with Gasteiger partial charge in [0.2, 0.25) is 0 Å². The third-order valence-corrected chi connectivity index (χ3v) is 6.93. The molecule has 0 unspecified atom stereocenters. The molecule has 4 nitrogen and oxygen atoms in total. The van der Waals surface area contributed by atoms with Crippen molar-refractivity contribution in [2.45, 2.75) is 31.1 Å². The zero-order chi connectivity index (χ0) is 18.6. The maximum Gasteiger partial charge on any atom is 0.179 e. The van der Waals surface area contributed by atoms with Gasteiger partial charge in [0.25, 0.3) is 0 Å². The average molecular weight is 374 g/mol. The number of piperidine rings is 1. The molecular formula is C21H27NO3S. The summed E-state index contributed by atoms with van der Waals surface area (Å²) in [6.07, 6.45) is 3.35. The topological polar surface area (TPSA) is 57.6 Å². The second-order valence-electron chi connectivity index (χ2n) is 7.29. The van der Waals surface area contributed by atoms with Crippen molar-refractivity contribution in [3.05, 3.63) is 59.7 Å². The Labute approximate surface area is 156 Å². The van der Waals surface area contributed by atoms with Gasteiger partial charge >= 0.3 is 0 Å². The van der Waals surface area contributed by atoms with Gasteiger partial charge in [-0.05, 0) is 75.0 Å². The minimum absolute atomic E-state index is 0.0830. The lowest BCUT2D eigenvalue weighted by Crippen LogP contribution is -2.37. The van der Waals surface area contributed by atoms with Crippen molar-refractivity contribution >= 4 is 9.84 Å². The number of hydrogen-bond acceptors (Lipinski definition) is 4. The average Bonchev–Trinajstić information content (AvgIpc) is 2.63. The van der Waals surface area contributed by atoms with Crippen molar-refractivity contribution in [3.8, 4) is 5.75 Å². The van der Waals surface area contributed by atoms with Crippen LogP contribution in [0.3, 0.4) is 0 Å². The van der Waals surface area contributed by atoms with Gasteiger partial charge in [0.1, 0.15) is 5.75 Å². The lowest BCUT2D eigenvalue weighted by Gasteiger charge is -2.32. The number of benzene rings is 2. The van der Waals surface area contributed by atoms with Gasteiger partial charge in [-0.25, -0.2) is 8.42 Å². The molecule has 0 bridgehead atoms. The van der Waals surface area contributed by atoms with Crippen LogP contribution in [0.1, 0.15) is 24.0 Å². The van der Waals surface area contributed by atoms with Crippen molar-refractivity contribution < 1.29 is 13.5 Å². The first kappa shape index (κ1) is 18.9.